The molecule has 0 aliphatic heterocycles. The third-order valence-electron chi connectivity index (χ3n) is 2.87. The largest absolute Gasteiger partial charge is 0.339 e. The van der Waals surface area contributed by atoms with Gasteiger partial charge in [-0.05, 0) is 48.4 Å². The molecular formula is C14H13ClN2O3S. The fourth-order valence-electron chi connectivity index (χ4n) is 1.88. The summed E-state index contributed by atoms with van der Waals surface area (Å²) in [5.41, 5.74) is 1.11. The SMILES string of the molecule is Cc1cc(Nc2ccccn2)c(S(C)(=O)=O)cc1C(=O)Cl. The Morgan fingerprint density at radius 1 is 1.29 bits per heavy atom. The molecule has 0 fully saturated rings. The number of hydrogen-bond donors (Lipinski definition) is 1. The predicted molar refractivity (Wildman–Crippen MR) is 82.0 cm³/mol. The summed E-state index contributed by atoms with van der Waals surface area (Å²) in [6.07, 6.45) is 2.66. The second kappa shape index (κ2) is 5.83. The molecule has 0 amide bonds. The van der Waals surface area contributed by atoms with Crippen molar-refractivity contribution in [3.05, 3.63) is 47.7 Å². The van der Waals surface area contributed by atoms with E-state index >= 15 is 0 Å². The maximum atomic E-state index is 11.9. The average Bonchev–Trinajstić information content (AvgIpc) is 2.38. The molecule has 0 radical (unpaired) electrons. The second-order valence-corrected chi connectivity index (χ2v) is 6.88. The van der Waals surface area contributed by atoms with Crippen LogP contribution in [-0.4, -0.2) is 24.9 Å². The summed E-state index contributed by atoms with van der Waals surface area (Å²) in [5.74, 6) is 0.506. The molecule has 0 bridgehead atoms. The number of benzene rings is 1. The van der Waals surface area contributed by atoms with Gasteiger partial charge in [0.05, 0.1) is 10.6 Å². The molecule has 1 aromatic carbocycles. The highest BCUT2D eigenvalue weighted by atomic mass is 35.5. The maximum Gasteiger partial charge on any atom is 0.252 e. The van der Waals surface area contributed by atoms with Gasteiger partial charge in [0.1, 0.15) is 5.82 Å². The van der Waals surface area contributed by atoms with Crippen molar-refractivity contribution in [1.82, 2.24) is 4.98 Å². The first kappa shape index (κ1) is 15.5. The molecule has 110 valence electrons. The smallest absolute Gasteiger partial charge is 0.252 e. The molecule has 2 aromatic rings. The molecule has 1 aromatic heterocycles. The summed E-state index contributed by atoms with van der Waals surface area (Å²) in [5, 5.41) is 2.25. The Hall–Kier alpha value is -1.92. The highest BCUT2D eigenvalue weighted by Crippen LogP contribution is 2.28. The highest BCUT2D eigenvalue weighted by molar-refractivity contribution is 7.90. The zero-order valence-corrected chi connectivity index (χ0v) is 13.0. The van der Waals surface area contributed by atoms with Crippen LogP contribution in [0.2, 0.25) is 0 Å². The van der Waals surface area contributed by atoms with Gasteiger partial charge in [-0.3, -0.25) is 4.79 Å². The van der Waals surface area contributed by atoms with Gasteiger partial charge in [0, 0.05) is 18.0 Å². The van der Waals surface area contributed by atoms with Crippen molar-refractivity contribution < 1.29 is 13.2 Å². The van der Waals surface area contributed by atoms with Gasteiger partial charge in [0.25, 0.3) is 5.24 Å². The van der Waals surface area contributed by atoms with Gasteiger partial charge >= 0.3 is 0 Å². The van der Waals surface area contributed by atoms with Gasteiger partial charge in [-0.15, -0.1) is 0 Å². The summed E-state index contributed by atoms with van der Waals surface area (Å²) >= 11 is 5.48. The first-order valence-corrected chi connectivity index (χ1v) is 8.28. The molecule has 0 saturated carbocycles. The molecule has 0 saturated heterocycles. The zero-order valence-electron chi connectivity index (χ0n) is 11.4. The lowest BCUT2D eigenvalue weighted by Crippen LogP contribution is -2.07. The van der Waals surface area contributed by atoms with Crippen LogP contribution in [0.15, 0.2) is 41.4 Å². The monoisotopic (exact) mass is 324 g/mol. The lowest BCUT2D eigenvalue weighted by Gasteiger charge is -2.13. The third-order valence-corrected chi connectivity index (χ3v) is 4.21. The summed E-state index contributed by atoms with van der Waals surface area (Å²) < 4.78 is 23.8. The van der Waals surface area contributed by atoms with E-state index in [1.165, 1.54) is 6.07 Å². The molecule has 7 heteroatoms. The Balaban J connectivity index is 2.59. The fourth-order valence-corrected chi connectivity index (χ4v) is 2.92. The molecule has 0 aliphatic carbocycles. The topological polar surface area (TPSA) is 76.1 Å². The summed E-state index contributed by atoms with van der Waals surface area (Å²) in [7, 11) is -3.53. The van der Waals surface area contributed by atoms with E-state index in [2.05, 4.69) is 10.3 Å². The van der Waals surface area contributed by atoms with Crippen molar-refractivity contribution in [2.45, 2.75) is 11.8 Å². The van der Waals surface area contributed by atoms with Gasteiger partial charge in [-0.1, -0.05) is 6.07 Å². The molecule has 0 atom stereocenters. The molecule has 2 rings (SSSR count). The van der Waals surface area contributed by atoms with E-state index in [0.717, 1.165) is 6.26 Å². The van der Waals surface area contributed by atoms with Crippen LogP contribution in [0.3, 0.4) is 0 Å². The lowest BCUT2D eigenvalue weighted by atomic mass is 10.1. The summed E-state index contributed by atoms with van der Waals surface area (Å²) in [6, 6.07) is 8.09. The molecule has 21 heavy (non-hydrogen) atoms. The number of aryl methyl sites for hydroxylation is 1. The number of carbonyl (C=O) groups is 1. The van der Waals surface area contributed by atoms with Gasteiger partial charge in [0.15, 0.2) is 9.84 Å². The molecule has 0 aliphatic rings. The van der Waals surface area contributed by atoms with E-state index in [9.17, 15) is 13.2 Å². The fraction of sp³-hybridized carbons (Fsp3) is 0.143. The Labute approximate surface area is 127 Å². The number of halogens is 1. The van der Waals surface area contributed by atoms with Crippen LogP contribution >= 0.6 is 11.6 Å². The van der Waals surface area contributed by atoms with Crippen LogP contribution in [-0.2, 0) is 9.84 Å². The highest BCUT2D eigenvalue weighted by Gasteiger charge is 2.18. The number of anilines is 2. The first-order chi connectivity index (χ1) is 9.79. The van der Waals surface area contributed by atoms with Gasteiger partial charge in [0.2, 0.25) is 0 Å². The van der Waals surface area contributed by atoms with Crippen molar-refractivity contribution in [2.75, 3.05) is 11.6 Å². The number of aromatic nitrogens is 1. The van der Waals surface area contributed by atoms with E-state index in [-0.39, 0.29) is 10.5 Å². The minimum Gasteiger partial charge on any atom is -0.339 e. The van der Waals surface area contributed by atoms with Crippen molar-refractivity contribution >= 4 is 38.2 Å². The van der Waals surface area contributed by atoms with E-state index in [4.69, 9.17) is 11.6 Å². The van der Waals surface area contributed by atoms with Crippen LogP contribution in [0.5, 0.6) is 0 Å². The average molecular weight is 325 g/mol. The normalized spacial score (nSPS) is 11.2. The number of carbonyl (C=O) groups excluding carboxylic acids is 1. The van der Waals surface area contributed by atoms with Crippen molar-refractivity contribution in [2.24, 2.45) is 0 Å². The van der Waals surface area contributed by atoms with E-state index < -0.39 is 15.1 Å². The Morgan fingerprint density at radius 3 is 2.52 bits per heavy atom. The van der Waals surface area contributed by atoms with Gasteiger partial charge in [-0.25, -0.2) is 13.4 Å². The summed E-state index contributed by atoms with van der Waals surface area (Å²) in [6.45, 7) is 1.69. The Bertz CT molecular complexity index is 789. The predicted octanol–water partition coefficient (Wildman–Crippen LogP) is 2.92. The van der Waals surface area contributed by atoms with Gasteiger partial charge in [-0.2, -0.15) is 0 Å². The minimum atomic E-state index is -3.53. The van der Waals surface area contributed by atoms with E-state index in [1.54, 1.807) is 37.4 Å². The number of pyridine rings is 1. The quantitative estimate of drug-likeness (QED) is 0.875. The van der Waals surface area contributed by atoms with Crippen LogP contribution < -0.4 is 5.32 Å². The van der Waals surface area contributed by atoms with Crippen LogP contribution in [0, 0.1) is 6.92 Å². The maximum absolute atomic E-state index is 11.9. The van der Waals surface area contributed by atoms with Crippen LogP contribution in [0.4, 0.5) is 11.5 Å². The molecular weight excluding hydrogens is 312 g/mol. The number of hydrogen-bond acceptors (Lipinski definition) is 5. The molecule has 1 N–H and O–H groups in total. The van der Waals surface area contributed by atoms with Crippen molar-refractivity contribution in [3.8, 4) is 0 Å². The zero-order chi connectivity index (χ0) is 15.6. The molecule has 1 heterocycles. The number of nitrogens with one attached hydrogen (secondary N) is 1. The Kier molecular flexibility index (Phi) is 4.29. The minimum absolute atomic E-state index is 0.00255. The number of nitrogens with zero attached hydrogens (tertiary/aromatic N) is 1. The van der Waals surface area contributed by atoms with Crippen LogP contribution in [0.25, 0.3) is 0 Å². The number of sulfone groups is 1. The third kappa shape index (κ3) is 3.59. The number of rotatable bonds is 4. The molecule has 0 unspecified atom stereocenters. The van der Waals surface area contributed by atoms with Crippen molar-refractivity contribution in [3.63, 3.8) is 0 Å². The summed E-state index contributed by atoms with van der Waals surface area (Å²) in [4.78, 5) is 15.4. The lowest BCUT2D eigenvalue weighted by molar-refractivity contribution is 0.108. The molecule has 0 spiro atoms. The van der Waals surface area contributed by atoms with Gasteiger partial charge < -0.3 is 5.32 Å². The molecule has 5 nitrogen and oxygen atoms in total. The van der Waals surface area contributed by atoms with Crippen molar-refractivity contribution in [1.29, 1.82) is 0 Å². The van der Waals surface area contributed by atoms with E-state index in [0.29, 0.717) is 17.1 Å². The first-order valence-electron chi connectivity index (χ1n) is 6.01. The Morgan fingerprint density at radius 2 is 2.00 bits per heavy atom. The van der Waals surface area contributed by atoms with E-state index in [1.807, 2.05) is 0 Å². The van der Waals surface area contributed by atoms with Crippen LogP contribution in [0.1, 0.15) is 15.9 Å². The second-order valence-electron chi connectivity index (χ2n) is 4.55. The standard InChI is InChI=1S/C14H13ClN2O3S/c1-9-7-11(17-13-5-3-4-6-16-13)12(21(2,19)20)8-10(9)14(15)18/h3-8H,1-2H3,(H,16,17).